The minimum absolute atomic E-state index is 0.204. The normalized spacial score (nSPS) is 20.9. The van der Waals surface area contributed by atoms with Crippen molar-refractivity contribution in [1.82, 2.24) is 10.2 Å². The molecular weight excluding hydrogens is 542 g/mol. The molecule has 2 aromatic carbocycles. The molecule has 8 nitrogen and oxygen atoms in total. The third-order valence-corrected chi connectivity index (χ3v) is 8.90. The Kier molecular flexibility index (Phi) is 8.98. The lowest BCUT2D eigenvalue weighted by atomic mass is 9.90. The summed E-state index contributed by atoms with van der Waals surface area (Å²) in [5.74, 6) is 1.63. The monoisotopic (exact) mass is 581 g/mol. The van der Waals surface area contributed by atoms with E-state index in [-0.39, 0.29) is 24.3 Å². The first kappa shape index (κ1) is 28.3. The molecule has 0 radical (unpaired) electrons. The number of ether oxygens (including phenoxy) is 2. The molecule has 4 aliphatic rings. The predicted octanol–water partition coefficient (Wildman–Crippen LogP) is 5.39. The Balaban J connectivity index is 1.15. The lowest BCUT2D eigenvalue weighted by molar-refractivity contribution is -0.116. The molecule has 2 saturated carbocycles. The molecule has 2 unspecified atom stereocenters. The van der Waals surface area contributed by atoms with Crippen molar-refractivity contribution in [1.29, 1.82) is 0 Å². The summed E-state index contributed by atoms with van der Waals surface area (Å²) in [6.45, 7) is 3.38. The maximum atomic E-state index is 13.6. The zero-order chi connectivity index (χ0) is 28.2. The van der Waals surface area contributed by atoms with Gasteiger partial charge in [-0.2, -0.15) is 0 Å². The van der Waals surface area contributed by atoms with Crippen molar-refractivity contribution in [2.45, 2.75) is 82.6 Å². The average Bonchev–Trinajstić information content (AvgIpc) is 3.67. The molecule has 2 aromatic rings. The highest BCUT2D eigenvalue weighted by atomic mass is 35.5. The first-order valence-corrected chi connectivity index (χ1v) is 15.5. The maximum Gasteiger partial charge on any atom is 0.274 e. The number of hydrogen-bond donors (Lipinski definition) is 2. The molecule has 0 spiro atoms. The number of carbonyl (C=O) groups excluding carboxylic acids is 1. The van der Waals surface area contributed by atoms with Gasteiger partial charge < -0.3 is 29.6 Å². The highest BCUT2D eigenvalue weighted by Gasteiger charge is 2.31. The topological polar surface area (TPSA) is 92.6 Å². The van der Waals surface area contributed by atoms with Crippen LogP contribution in [-0.4, -0.2) is 60.0 Å². The van der Waals surface area contributed by atoms with Gasteiger partial charge in [0.25, 0.3) is 5.91 Å². The zero-order valence-corrected chi connectivity index (χ0v) is 24.3. The van der Waals surface area contributed by atoms with Crippen LogP contribution in [0.25, 0.3) is 0 Å². The van der Waals surface area contributed by atoms with Gasteiger partial charge in [-0.05, 0) is 93.4 Å². The predicted molar refractivity (Wildman–Crippen MR) is 158 cm³/mol. The van der Waals surface area contributed by atoms with Crippen LogP contribution in [0.1, 0.15) is 80.6 Å². The van der Waals surface area contributed by atoms with E-state index in [2.05, 4.69) is 15.4 Å². The third kappa shape index (κ3) is 7.16. The highest BCUT2D eigenvalue weighted by Crippen LogP contribution is 2.34. The number of hydrogen-bond acceptors (Lipinski definition) is 7. The van der Waals surface area contributed by atoms with Gasteiger partial charge in [0.2, 0.25) is 0 Å². The first-order chi connectivity index (χ1) is 20.0. The van der Waals surface area contributed by atoms with Gasteiger partial charge in [-0.25, -0.2) is 0 Å². The van der Waals surface area contributed by atoms with Crippen LogP contribution in [0, 0.1) is 5.92 Å². The number of amides is 1. The number of benzene rings is 2. The number of rotatable bonds is 11. The smallest absolute Gasteiger partial charge is 0.274 e. The number of aliphatic hydroxyl groups excluding tert-OH is 1. The Morgan fingerprint density at radius 2 is 1.88 bits per heavy atom. The Labute approximate surface area is 247 Å². The summed E-state index contributed by atoms with van der Waals surface area (Å²) in [5.41, 5.74) is 2.42. The largest absolute Gasteiger partial charge is 0.493 e. The fraction of sp³-hybridized carbons (Fsp3) is 0.562. The molecule has 0 aromatic heterocycles. The van der Waals surface area contributed by atoms with Crippen LogP contribution in [-0.2, 0) is 16.2 Å². The summed E-state index contributed by atoms with van der Waals surface area (Å²) in [4.78, 5) is 21.4. The van der Waals surface area contributed by atoms with Crippen molar-refractivity contribution >= 4 is 23.2 Å². The number of aliphatic hydroxyl groups is 1. The van der Waals surface area contributed by atoms with Gasteiger partial charge in [0.15, 0.2) is 5.71 Å². The number of nitrogens with one attached hydrogen (secondary N) is 1. The van der Waals surface area contributed by atoms with Crippen molar-refractivity contribution in [2.75, 3.05) is 26.2 Å². The number of carbonyl (C=O) groups is 1. The van der Waals surface area contributed by atoms with E-state index in [4.69, 9.17) is 25.9 Å². The molecule has 2 N–H and O–H groups in total. The molecule has 6 rings (SSSR count). The third-order valence-electron chi connectivity index (χ3n) is 8.60. The van der Waals surface area contributed by atoms with Gasteiger partial charge in [-0.1, -0.05) is 42.1 Å². The quantitative estimate of drug-likeness (QED) is 0.370. The molecule has 3 fully saturated rings. The summed E-state index contributed by atoms with van der Waals surface area (Å²) < 4.78 is 12.0. The summed E-state index contributed by atoms with van der Waals surface area (Å²) in [6.07, 6.45) is 9.88. The number of oxime groups is 1. The second kappa shape index (κ2) is 13.0. The van der Waals surface area contributed by atoms with E-state index in [1.807, 2.05) is 24.3 Å². The zero-order valence-electron chi connectivity index (χ0n) is 23.5. The molecule has 9 heteroatoms. The highest BCUT2D eigenvalue weighted by molar-refractivity contribution is 6.45. The molecule has 41 heavy (non-hydrogen) atoms. The van der Waals surface area contributed by atoms with Crippen LogP contribution in [0.15, 0.2) is 41.6 Å². The van der Waals surface area contributed by atoms with E-state index >= 15 is 0 Å². The molecule has 1 amide bonds. The molecule has 1 saturated heterocycles. The van der Waals surface area contributed by atoms with Crippen LogP contribution >= 0.6 is 11.6 Å². The molecule has 2 atom stereocenters. The van der Waals surface area contributed by atoms with Crippen molar-refractivity contribution in [3.8, 4) is 11.5 Å². The summed E-state index contributed by atoms with van der Waals surface area (Å²) in [7, 11) is 0. The van der Waals surface area contributed by atoms with E-state index in [9.17, 15) is 9.90 Å². The standard InChI is InChI=1S/C32H40ClN3O5/c33-27-17-22(8-13-29(27)41-24-9-10-24)31(37)28(18-36-14-4-5-15-36)34-32(38)30-26-12-11-25(16-23(26)20-40-35-30)39-19-21-6-2-1-3-7-21/h8,11-13,16-17,21,24,28,31,37H,1-7,9-10,14-15,18-20H2,(H,34,38). The van der Waals surface area contributed by atoms with Gasteiger partial charge in [0.1, 0.15) is 24.2 Å². The number of halogens is 1. The second-order valence-corrected chi connectivity index (χ2v) is 12.3. The molecule has 0 bridgehead atoms. The SMILES string of the molecule is O=C(NC(CN1CCCC1)C(O)c1ccc(OC2CC2)c(Cl)c1)C1=NOCc2cc(OCC3CCCCC3)ccc21. The molecule has 2 aliphatic carbocycles. The van der Waals surface area contributed by atoms with Gasteiger partial charge in [0, 0.05) is 17.7 Å². The van der Waals surface area contributed by atoms with Crippen molar-refractivity contribution < 1.29 is 24.2 Å². The van der Waals surface area contributed by atoms with E-state index in [0.29, 0.717) is 28.8 Å². The molecule has 2 heterocycles. The Bertz CT molecular complexity index is 1250. The molecule has 220 valence electrons. The fourth-order valence-electron chi connectivity index (χ4n) is 6.06. The minimum Gasteiger partial charge on any atom is -0.493 e. The number of fused-ring (bicyclic) bond motifs is 1. The lowest BCUT2D eigenvalue weighted by Gasteiger charge is -2.29. The van der Waals surface area contributed by atoms with Crippen LogP contribution in [0.5, 0.6) is 11.5 Å². The van der Waals surface area contributed by atoms with E-state index in [1.165, 1.54) is 32.1 Å². The lowest BCUT2D eigenvalue weighted by Crippen LogP contribution is -2.49. The molecular formula is C32H40ClN3O5. The van der Waals surface area contributed by atoms with Gasteiger partial charge in [0.05, 0.1) is 23.8 Å². The first-order valence-electron chi connectivity index (χ1n) is 15.2. The van der Waals surface area contributed by atoms with Crippen molar-refractivity contribution in [3.05, 3.63) is 58.1 Å². The van der Waals surface area contributed by atoms with E-state index in [1.54, 1.807) is 12.1 Å². The Morgan fingerprint density at radius 3 is 2.63 bits per heavy atom. The van der Waals surface area contributed by atoms with E-state index < -0.39 is 12.1 Å². The van der Waals surface area contributed by atoms with Crippen molar-refractivity contribution in [3.63, 3.8) is 0 Å². The summed E-state index contributed by atoms with van der Waals surface area (Å²) in [5, 5.41) is 19.1. The molecule has 2 aliphatic heterocycles. The van der Waals surface area contributed by atoms with Crippen molar-refractivity contribution in [2.24, 2.45) is 11.1 Å². The summed E-state index contributed by atoms with van der Waals surface area (Å²) >= 11 is 6.50. The van der Waals surface area contributed by atoms with Crippen LogP contribution in [0.2, 0.25) is 5.02 Å². The van der Waals surface area contributed by atoms with E-state index in [0.717, 1.165) is 62.3 Å². The fourth-order valence-corrected chi connectivity index (χ4v) is 6.29. The van der Waals surface area contributed by atoms with Gasteiger partial charge >= 0.3 is 0 Å². The Hall–Kier alpha value is -2.81. The van der Waals surface area contributed by atoms with Crippen LogP contribution < -0.4 is 14.8 Å². The summed E-state index contributed by atoms with van der Waals surface area (Å²) in [6, 6.07) is 10.5. The van der Waals surface area contributed by atoms with Crippen LogP contribution in [0.4, 0.5) is 0 Å². The van der Waals surface area contributed by atoms with Crippen LogP contribution in [0.3, 0.4) is 0 Å². The number of nitrogens with zero attached hydrogens (tertiary/aromatic N) is 2. The van der Waals surface area contributed by atoms with Gasteiger partial charge in [-0.3, -0.25) is 4.79 Å². The second-order valence-electron chi connectivity index (χ2n) is 11.9. The van der Waals surface area contributed by atoms with Gasteiger partial charge in [-0.15, -0.1) is 0 Å². The maximum absolute atomic E-state index is 13.6. The minimum atomic E-state index is -0.966. The Morgan fingerprint density at radius 1 is 1.07 bits per heavy atom. The number of likely N-dealkylation sites (tertiary alicyclic amines) is 1. The average molecular weight is 582 g/mol.